The van der Waals surface area contributed by atoms with Gasteiger partial charge in [0.25, 0.3) is 0 Å². The van der Waals surface area contributed by atoms with Crippen LogP contribution in [-0.2, 0) is 4.79 Å². The van der Waals surface area contributed by atoms with E-state index in [0.717, 1.165) is 11.4 Å². The minimum atomic E-state index is -0.620. The van der Waals surface area contributed by atoms with Crippen LogP contribution in [0.2, 0.25) is 0 Å². The van der Waals surface area contributed by atoms with Crippen LogP contribution in [0.1, 0.15) is 38.1 Å². The molecular weight excluding hydrogens is 343 g/mol. The molecule has 0 bridgehead atoms. The van der Waals surface area contributed by atoms with E-state index in [1.807, 2.05) is 33.8 Å². The average molecular weight is 369 g/mol. The van der Waals surface area contributed by atoms with Crippen LogP contribution in [0.4, 0.5) is 10.1 Å². The number of nitrogens with two attached hydrogens (primary N) is 1. The third-order valence-corrected chi connectivity index (χ3v) is 4.67. The van der Waals surface area contributed by atoms with E-state index >= 15 is 0 Å². The van der Waals surface area contributed by atoms with Gasteiger partial charge >= 0.3 is 0 Å². The lowest BCUT2D eigenvalue weighted by molar-refractivity contribution is -0.125. The Morgan fingerprint density at radius 3 is 2.36 bits per heavy atom. The molecule has 5 nitrogen and oxygen atoms in total. The second kappa shape index (κ2) is 8.45. The highest BCUT2D eigenvalue weighted by molar-refractivity contribution is 5.95. The molecule has 0 saturated carbocycles. The van der Waals surface area contributed by atoms with Gasteiger partial charge in [-0.15, -0.1) is 12.4 Å². The van der Waals surface area contributed by atoms with Crippen LogP contribution < -0.4 is 11.1 Å². The lowest BCUT2D eigenvalue weighted by atomic mass is 9.81. The molecule has 2 rings (SSSR count). The Kier molecular flexibility index (Phi) is 7.14. The van der Waals surface area contributed by atoms with Gasteiger partial charge in [-0.05, 0) is 51.0 Å². The topological polar surface area (TPSA) is 72.9 Å². The van der Waals surface area contributed by atoms with E-state index in [-0.39, 0.29) is 24.9 Å². The van der Waals surface area contributed by atoms with Crippen LogP contribution in [-0.4, -0.2) is 22.2 Å². The number of carbonyl (C=O) groups excluding carboxylic acids is 1. The smallest absolute Gasteiger partial charge is 0.231 e. The highest BCUT2D eigenvalue weighted by atomic mass is 35.5. The molecule has 7 heteroatoms. The van der Waals surface area contributed by atoms with Crippen LogP contribution in [0, 0.1) is 25.1 Å². The zero-order chi connectivity index (χ0) is 17.9. The van der Waals surface area contributed by atoms with Crippen molar-refractivity contribution in [3.63, 3.8) is 0 Å². The maximum atomic E-state index is 14.5. The Balaban J connectivity index is 0.00000312. The number of nitrogens with zero attached hydrogens (tertiary/aromatic N) is 2. The Bertz CT molecular complexity index is 732. The molecule has 0 atom stereocenters. The fourth-order valence-electron chi connectivity index (χ4n) is 2.85. The summed E-state index contributed by atoms with van der Waals surface area (Å²) < 4.78 is 16.0. The molecule has 25 heavy (non-hydrogen) atoms. The number of hydrogen-bond acceptors (Lipinski definition) is 3. The van der Waals surface area contributed by atoms with E-state index in [0.29, 0.717) is 24.2 Å². The van der Waals surface area contributed by atoms with Crippen LogP contribution in [0.5, 0.6) is 0 Å². The summed E-state index contributed by atoms with van der Waals surface area (Å²) in [6.07, 6.45) is 1.27. The number of benzene rings is 1. The number of aryl methyl sites for hydroxylation is 2. The van der Waals surface area contributed by atoms with E-state index in [1.165, 1.54) is 6.07 Å². The van der Waals surface area contributed by atoms with Gasteiger partial charge in [0, 0.05) is 17.9 Å². The molecule has 1 heterocycles. The summed E-state index contributed by atoms with van der Waals surface area (Å²) in [5, 5.41) is 7.07. The molecule has 0 fully saturated rings. The molecule has 3 N–H and O–H groups in total. The standard InChI is InChI=1S/C18H25FN4O.ClH/c1-5-18(6-2,11-20)17(24)21-14-7-8-16(15(19)10-14)23-13(4)9-12(3)22-23;/h7-10H,5-6,11,20H2,1-4H3,(H,21,24);1H. The molecular formula is C18H26ClFN4O. The zero-order valence-electron chi connectivity index (χ0n) is 15.1. The highest BCUT2D eigenvalue weighted by Gasteiger charge is 2.33. The van der Waals surface area contributed by atoms with Crippen molar-refractivity contribution in [2.45, 2.75) is 40.5 Å². The molecule has 0 aliphatic heterocycles. The molecule has 0 spiro atoms. The number of halogens is 2. The summed E-state index contributed by atoms with van der Waals surface area (Å²) in [5.41, 5.74) is 7.61. The Morgan fingerprint density at radius 1 is 1.28 bits per heavy atom. The number of hydrogen-bond donors (Lipinski definition) is 2. The maximum Gasteiger partial charge on any atom is 0.231 e. The summed E-state index contributed by atoms with van der Waals surface area (Å²) in [7, 11) is 0. The summed E-state index contributed by atoms with van der Waals surface area (Å²) in [5.74, 6) is -0.612. The van der Waals surface area contributed by atoms with Gasteiger partial charge in [0.2, 0.25) is 5.91 Å². The molecule has 1 aromatic carbocycles. The normalized spacial score (nSPS) is 11.1. The summed E-state index contributed by atoms with van der Waals surface area (Å²) in [6.45, 7) is 7.86. The first-order valence-corrected chi connectivity index (χ1v) is 8.21. The van der Waals surface area contributed by atoms with Crippen molar-refractivity contribution < 1.29 is 9.18 Å². The second-order valence-electron chi connectivity index (χ2n) is 6.15. The lowest BCUT2D eigenvalue weighted by Crippen LogP contribution is -2.41. The highest BCUT2D eigenvalue weighted by Crippen LogP contribution is 2.28. The monoisotopic (exact) mass is 368 g/mol. The van der Waals surface area contributed by atoms with Gasteiger partial charge in [-0.25, -0.2) is 9.07 Å². The predicted octanol–water partition coefficient (Wildman–Crippen LogP) is 3.75. The van der Waals surface area contributed by atoms with Crippen molar-refractivity contribution in [2.24, 2.45) is 11.1 Å². The molecule has 0 radical (unpaired) electrons. The van der Waals surface area contributed by atoms with Crippen LogP contribution >= 0.6 is 12.4 Å². The van der Waals surface area contributed by atoms with Crippen molar-refractivity contribution in [1.29, 1.82) is 0 Å². The number of amides is 1. The van der Waals surface area contributed by atoms with Gasteiger partial charge in [0.15, 0.2) is 5.82 Å². The lowest BCUT2D eigenvalue weighted by Gasteiger charge is -2.28. The van der Waals surface area contributed by atoms with Crippen molar-refractivity contribution in [3.05, 3.63) is 41.5 Å². The van der Waals surface area contributed by atoms with E-state index in [1.54, 1.807) is 16.8 Å². The average Bonchev–Trinajstić information content (AvgIpc) is 2.88. The van der Waals surface area contributed by atoms with Crippen molar-refractivity contribution in [2.75, 3.05) is 11.9 Å². The number of carbonyl (C=O) groups is 1. The fraction of sp³-hybridized carbons (Fsp3) is 0.444. The van der Waals surface area contributed by atoms with E-state index in [4.69, 9.17) is 5.73 Å². The number of nitrogens with one attached hydrogen (secondary N) is 1. The first kappa shape index (κ1) is 21.1. The van der Waals surface area contributed by atoms with Gasteiger partial charge in [-0.1, -0.05) is 13.8 Å². The molecule has 2 aromatic rings. The number of rotatable bonds is 6. The van der Waals surface area contributed by atoms with Crippen LogP contribution in [0.3, 0.4) is 0 Å². The number of anilines is 1. The quantitative estimate of drug-likeness (QED) is 0.815. The molecule has 0 aliphatic rings. The van der Waals surface area contributed by atoms with Crippen LogP contribution in [0.25, 0.3) is 5.69 Å². The minimum absolute atomic E-state index is 0. The van der Waals surface area contributed by atoms with Crippen LogP contribution in [0.15, 0.2) is 24.3 Å². The molecule has 138 valence electrons. The molecule has 0 saturated heterocycles. The maximum absolute atomic E-state index is 14.5. The first-order chi connectivity index (χ1) is 11.4. The van der Waals surface area contributed by atoms with Gasteiger partial charge in [-0.2, -0.15) is 5.10 Å². The van der Waals surface area contributed by atoms with Gasteiger partial charge < -0.3 is 11.1 Å². The second-order valence-corrected chi connectivity index (χ2v) is 6.15. The third kappa shape index (κ3) is 4.19. The molecule has 0 unspecified atom stereocenters. The predicted molar refractivity (Wildman–Crippen MR) is 101 cm³/mol. The Morgan fingerprint density at radius 2 is 1.92 bits per heavy atom. The zero-order valence-corrected chi connectivity index (χ0v) is 15.9. The van der Waals surface area contributed by atoms with E-state index in [9.17, 15) is 9.18 Å². The summed E-state index contributed by atoms with van der Waals surface area (Å²) >= 11 is 0. The molecule has 0 aliphatic carbocycles. The van der Waals surface area contributed by atoms with Crippen molar-refractivity contribution >= 4 is 24.0 Å². The minimum Gasteiger partial charge on any atom is -0.329 e. The Labute approximate surface area is 154 Å². The fourth-order valence-corrected chi connectivity index (χ4v) is 2.85. The third-order valence-electron chi connectivity index (χ3n) is 4.67. The number of aromatic nitrogens is 2. The van der Waals surface area contributed by atoms with Crippen molar-refractivity contribution in [3.8, 4) is 5.69 Å². The van der Waals surface area contributed by atoms with E-state index in [2.05, 4.69) is 10.4 Å². The van der Waals surface area contributed by atoms with Gasteiger partial charge in [-0.3, -0.25) is 4.79 Å². The van der Waals surface area contributed by atoms with Gasteiger partial charge in [0.1, 0.15) is 5.69 Å². The van der Waals surface area contributed by atoms with Crippen molar-refractivity contribution in [1.82, 2.24) is 9.78 Å². The SMILES string of the molecule is CCC(CC)(CN)C(=O)Nc1ccc(-n2nc(C)cc2C)c(F)c1.Cl. The summed E-state index contributed by atoms with van der Waals surface area (Å²) in [6, 6.07) is 6.50. The molecule has 1 amide bonds. The van der Waals surface area contributed by atoms with E-state index < -0.39 is 11.2 Å². The Hall–Kier alpha value is -1.92. The van der Waals surface area contributed by atoms with Gasteiger partial charge in [0.05, 0.1) is 11.1 Å². The molecule has 1 aromatic heterocycles. The summed E-state index contributed by atoms with van der Waals surface area (Å²) in [4.78, 5) is 12.5. The largest absolute Gasteiger partial charge is 0.329 e. The first-order valence-electron chi connectivity index (χ1n) is 8.21.